The Bertz CT molecular complexity index is 838. The summed E-state index contributed by atoms with van der Waals surface area (Å²) in [6.07, 6.45) is -1.81. The number of carbonyl (C=O) groups is 2. The fourth-order valence-electron chi connectivity index (χ4n) is 3.10. The van der Waals surface area contributed by atoms with Crippen LogP contribution in [-0.2, 0) is 9.59 Å². The third-order valence-electron chi connectivity index (χ3n) is 4.66. The first kappa shape index (κ1) is 19.9. The van der Waals surface area contributed by atoms with Crippen LogP contribution in [0.15, 0.2) is 48.8 Å². The van der Waals surface area contributed by atoms with Gasteiger partial charge in [-0.25, -0.2) is 0 Å². The van der Waals surface area contributed by atoms with E-state index in [9.17, 15) is 22.8 Å². The zero-order valence-corrected chi connectivity index (χ0v) is 15.2. The molecule has 3 atom stereocenters. The van der Waals surface area contributed by atoms with Crippen molar-refractivity contribution in [1.29, 1.82) is 0 Å². The lowest BCUT2D eigenvalue weighted by molar-refractivity contribution is -0.154. The standard InChI is InChI=1S/C20H20F3N3O2/c1-12(25-18(27)10-20(21,22)23)13-4-6-15(7-5-13)26-19(28)17-9-16(17)14-3-2-8-24-11-14/h2-8,11-12,16-17H,9-10H2,1H3,(H,25,27)(H,26,28)/t12-,16+,17-/m0/s1. The average Bonchev–Trinajstić information content (AvgIpc) is 3.42. The van der Waals surface area contributed by atoms with Gasteiger partial charge in [0, 0.05) is 24.0 Å². The first-order chi connectivity index (χ1) is 13.2. The van der Waals surface area contributed by atoms with E-state index in [0.717, 1.165) is 12.0 Å². The maximum Gasteiger partial charge on any atom is 0.397 e. The molecule has 5 nitrogen and oxygen atoms in total. The molecule has 0 spiro atoms. The van der Waals surface area contributed by atoms with Gasteiger partial charge in [-0.1, -0.05) is 18.2 Å². The first-order valence-electron chi connectivity index (χ1n) is 8.90. The summed E-state index contributed by atoms with van der Waals surface area (Å²) in [4.78, 5) is 27.8. The number of nitrogens with zero attached hydrogens (tertiary/aromatic N) is 1. The Balaban J connectivity index is 1.52. The van der Waals surface area contributed by atoms with Crippen molar-refractivity contribution in [2.24, 2.45) is 5.92 Å². The Morgan fingerprint density at radius 3 is 2.54 bits per heavy atom. The highest BCUT2D eigenvalue weighted by Gasteiger charge is 2.44. The second kappa shape index (κ2) is 8.00. The van der Waals surface area contributed by atoms with Gasteiger partial charge >= 0.3 is 6.18 Å². The summed E-state index contributed by atoms with van der Waals surface area (Å²) >= 11 is 0. The average molecular weight is 391 g/mol. The van der Waals surface area contributed by atoms with Crippen LogP contribution in [0.5, 0.6) is 0 Å². The van der Waals surface area contributed by atoms with Crippen LogP contribution in [0.2, 0.25) is 0 Å². The zero-order valence-electron chi connectivity index (χ0n) is 15.2. The van der Waals surface area contributed by atoms with Crippen molar-refractivity contribution in [3.63, 3.8) is 0 Å². The summed E-state index contributed by atoms with van der Waals surface area (Å²) in [5.74, 6) is -1.07. The van der Waals surface area contributed by atoms with Crippen LogP contribution < -0.4 is 10.6 Å². The van der Waals surface area contributed by atoms with Crippen LogP contribution >= 0.6 is 0 Å². The van der Waals surface area contributed by atoms with Gasteiger partial charge in [0.05, 0.1) is 6.04 Å². The van der Waals surface area contributed by atoms with E-state index in [1.54, 1.807) is 43.6 Å². The van der Waals surface area contributed by atoms with Crippen molar-refractivity contribution in [3.05, 3.63) is 59.9 Å². The van der Waals surface area contributed by atoms with Crippen LogP contribution in [0.1, 0.15) is 42.9 Å². The minimum absolute atomic E-state index is 0.0758. The van der Waals surface area contributed by atoms with Gasteiger partial charge in [0.15, 0.2) is 0 Å². The Kier molecular flexibility index (Phi) is 5.67. The van der Waals surface area contributed by atoms with Gasteiger partial charge in [0.25, 0.3) is 0 Å². The van der Waals surface area contributed by atoms with Gasteiger partial charge < -0.3 is 10.6 Å². The molecule has 0 bridgehead atoms. The molecule has 0 aliphatic heterocycles. The summed E-state index contributed by atoms with van der Waals surface area (Å²) in [5, 5.41) is 5.16. The fourth-order valence-corrected chi connectivity index (χ4v) is 3.10. The van der Waals surface area contributed by atoms with Crippen LogP contribution in [-0.4, -0.2) is 23.0 Å². The van der Waals surface area contributed by atoms with E-state index in [-0.39, 0.29) is 17.7 Å². The number of aromatic nitrogens is 1. The maximum absolute atomic E-state index is 12.4. The number of hydrogen-bond acceptors (Lipinski definition) is 3. The molecule has 2 N–H and O–H groups in total. The van der Waals surface area contributed by atoms with E-state index >= 15 is 0 Å². The normalized spacial score (nSPS) is 19.6. The van der Waals surface area contributed by atoms with Crippen LogP contribution in [0.3, 0.4) is 0 Å². The van der Waals surface area contributed by atoms with E-state index in [4.69, 9.17) is 0 Å². The number of pyridine rings is 1. The van der Waals surface area contributed by atoms with Crippen molar-refractivity contribution in [2.45, 2.75) is 37.9 Å². The molecule has 0 saturated heterocycles. The van der Waals surface area contributed by atoms with Crippen molar-refractivity contribution >= 4 is 17.5 Å². The van der Waals surface area contributed by atoms with E-state index in [0.29, 0.717) is 11.3 Å². The third-order valence-corrected chi connectivity index (χ3v) is 4.66. The first-order valence-corrected chi connectivity index (χ1v) is 8.90. The van der Waals surface area contributed by atoms with Crippen LogP contribution in [0.4, 0.5) is 18.9 Å². The molecule has 2 amide bonds. The van der Waals surface area contributed by atoms with E-state index < -0.39 is 24.5 Å². The van der Waals surface area contributed by atoms with Crippen molar-refractivity contribution < 1.29 is 22.8 Å². The topological polar surface area (TPSA) is 71.1 Å². The monoisotopic (exact) mass is 391 g/mol. The molecule has 1 aromatic carbocycles. The van der Waals surface area contributed by atoms with Gasteiger partial charge in [-0.3, -0.25) is 14.6 Å². The molecule has 0 radical (unpaired) electrons. The number of halogens is 3. The Labute approximate surface area is 160 Å². The Morgan fingerprint density at radius 2 is 1.93 bits per heavy atom. The minimum atomic E-state index is -4.53. The second-order valence-corrected chi connectivity index (χ2v) is 6.93. The summed E-state index contributed by atoms with van der Waals surface area (Å²) in [5.41, 5.74) is 2.29. The van der Waals surface area contributed by atoms with Gasteiger partial charge in [-0.05, 0) is 48.6 Å². The Morgan fingerprint density at radius 1 is 1.21 bits per heavy atom. The highest BCUT2D eigenvalue weighted by atomic mass is 19.4. The lowest BCUT2D eigenvalue weighted by Gasteiger charge is -2.16. The Hall–Kier alpha value is -2.90. The molecule has 0 unspecified atom stereocenters. The second-order valence-electron chi connectivity index (χ2n) is 6.93. The number of nitrogens with one attached hydrogen (secondary N) is 2. The molecular weight excluding hydrogens is 371 g/mol. The molecule has 1 aromatic heterocycles. The smallest absolute Gasteiger partial charge is 0.349 e. The molecular formula is C20H20F3N3O2. The predicted octanol–water partition coefficient (Wildman–Crippen LogP) is 3.95. The number of amides is 2. The molecule has 8 heteroatoms. The summed E-state index contributed by atoms with van der Waals surface area (Å²) in [6, 6.07) is 9.89. The third kappa shape index (κ3) is 5.31. The molecule has 1 heterocycles. The predicted molar refractivity (Wildman–Crippen MR) is 97.4 cm³/mol. The van der Waals surface area contributed by atoms with Crippen molar-refractivity contribution in [2.75, 3.05) is 5.32 Å². The molecule has 2 aromatic rings. The number of benzene rings is 1. The van der Waals surface area contributed by atoms with Gasteiger partial charge in [0.1, 0.15) is 6.42 Å². The molecule has 1 aliphatic rings. The highest BCUT2D eigenvalue weighted by Crippen LogP contribution is 2.47. The minimum Gasteiger partial charge on any atom is -0.349 e. The molecule has 148 valence electrons. The van der Waals surface area contributed by atoms with Gasteiger partial charge in [0.2, 0.25) is 11.8 Å². The SMILES string of the molecule is C[C@H](NC(=O)CC(F)(F)F)c1ccc(NC(=O)[C@H]2C[C@@H]2c2cccnc2)cc1. The number of hydrogen-bond donors (Lipinski definition) is 2. The van der Waals surface area contributed by atoms with Gasteiger partial charge in [-0.2, -0.15) is 13.2 Å². The quantitative estimate of drug-likeness (QED) is 0.783. The van der Waals surface area contributed by atoms with Crippen LogP contribution in [0.25, 0.3) is 0 Å². The van der Waals surface area contributed by atoms with E-state index in [1.807, 2.05) is 12.1 Å². The lowest BCUT2D eigenvalue weighted by atomic mass is 10.1. The molecule has 1 fully saturated rings. The summed E-state index contributed by atoms with van der Waals surface area (Å²) in [6.45, 7) is 1.60. The highest BCUT2D eigenvalue weighted by molar-refractivity contribution is 5.95. The number of anilines is 1. The van der Waals surface area contributed by atoms with Crippen LogP contribution in [0, 0.1) is 5.92 Å². The molecule has 1 saturated carbocycles. The summed E-state index contributed by atoms with van der Waals surface area (Å²) in [7, 11) is 0. The molecule has 1 aliphatic carbocycles. The molecule has 3 rings (SSSR count). The van der Waals surface area contributed by atoms with E-state index in [1.165, 1.54) is 0 Å². The fraction of sp³-hybridized carbons (Fsp3) is 0.350. The van der Waals surface area contributed by atoms with Crippen molar-refractivity contribution in [3.8, 4) is 0 Å². The number of carbonyl (C=O) groups excluding carboxylic acids is 2. The largest absolute Gasteiger partial charge is 0.397 e. The number of rotatable bonds is 6. The van der Waals surface area contributed by atoms with E-state index in [2.05, 4.69) is 15.6 Å². The van der Waals surface area contributed by atoms with Crippen molar-refractivity contribution in [1.82, 2.24) is 10.3 Å². The number of alkyl halides is 3. The zero-order chi connectivity index (χ0) is 20.3. The lowest BCUT2D eigenvalue weighted by Crippen LogP contribution is -2.30. The summed E-state index contributed by atoms with van der Waals surface area (Å²) < 4.78 is 36.7. The maximum atomic E-state index is 12.4. The van der Waals surface area contributed by atoms with Gasteiger partial charge in [-0.15, -0.1) is 0 Å². The molecule has 28 heavy (non-hydrogen) atoms.